The molecule has 22 heavy (non-hydrogen) atoms. The number of nitrogens with zero attached hydrogens (tertiary/aromatic N) is 2. The van der Waals surface area contributed by atoms with E-state index in [2.05, 4.69) is 22.9 Å². The van der Waals surface area contributed by atoms with Crippen LogP contribution in [0.3, 0.4) is 0 Å². The van der Waals surface area contributed by atoms with Crippen LogP contribution in [-0.2, 0) is 13.0 Å². The molecular weight excluding hydrogens is 278 g/mol. The van der Waals surface area contributed by atoms with Crippen molar-refractivity contribution in [3.63, 3.8) is 0 Å². The molecule has 0 aliphatic carbocycles. The molecule has 0 spiro atoms. The number of hydrogen-bond donors (Lipinski definition) is 1. The Hall–Kier alpha value is -1.75. The zero-order valence-electron chi connectivity index (χ0n) is 13.7. The van der Waals surface area contributed by atoms with Crippen LogP contribution in [0.15, 0.2) is 12.1 Å². The fourth-order valence-corrected chi connectivity index (χ4v) is 3.30. The summed E-state index contributed by atoms with van der Waals surface area (Å²) in [5, 5.41) is 3.43. The van der Waals surface area contributed by atoms with E-state index in [0.29, 0.717) is 0 Å². The molecule has 0 radical (unpaired) electrons. The Balaban J connectivity index is 2.02. The largest absolute Gasteiger partial charge is 0.493 e. The summed E-state index contributed by atoms with van der Waals surface area (Å²) in [6.45, 7) is 5.44. The SMILES string of the molecule is CCc1nc2cc(OC)c(OC)cc2n1CC1CCNCC1. The lowest BCUT2D eigenvalue weighted by atomic mass is 9.98. The first-order valence-electron chi connectivity index (χ1n) is 8.08. The molecule has 0 saturated carbocycles. The van der Waals surface area contributed by atoms with Crippen LogP contribution in [0, 0.1) is 5.92 Å². The summed E-state index contributed by atoms with van der Waals surface area (Å²) in [7, 11) is 3.34. The molecule has 120 valence electrons. The number of nitrogens with one attached hydrogen (secondary N) is 1. The first-order valence-corrected chi connectivity index (χ1v) is 8.08. The van der Waals surface area contributed by atoms with E-state index in [1.54, 1.807) is 14.2 Å². The molecule has 2 aromatic rings. The topological polar surface area (TPSA) is 48.3 Å². The number of hydrogen-bond acceptors (Lipinski definition) is 4. The molecule has 0 unspecified atom stereocenters. The molecule has 2 heterocycles. The molecular formula is C17H25N3O2. The summed E-state index contributed by atoms with van der Waals surface area (Å²) in [4.78, 5) is 4.79. The number of benzene rings is 1. The minimum absolute atomic E-state index is 0.719. The van der Waals surface area contributed by atoms with Crippen molar-refractivity contribution in [2.24, 2.45) is 5.92 Å². The van der Waals surface area contributed by atoms with Gasteiger partial charge < -0.3 is 19.4 Å². The second-order valence-corrected chi connectivity index (χ2v) is 5.88. The highest BCUT2D eigenvalue weighted by Crippen LogP contribution is 2.33. The van der Waals surface area contributed by atoms with Crippen molar-refractivity contribution >= 4 is 11.0 Å². The minimum Gasteiger partial charge on any atom is -0.493 e. The van der Waals surface area contributed by atoms with Gasteiger partial charge in [0.1, 0.15) is 5.82 Å². The van der Waals surface area contributed by atoms with Crippen LogP contribution in [0.5, 0.6) is 11.5 Å². The van der Waals surface area contributed by atoms with Crippen molar-refractivity contribution in [2.75, 3.05) is 27.3 Å². The molecule has 1 saturated heterocycles. The quantitative estimate of drug-likeness (QED) is 0.922. The highest BCUT2D eigenvalue weighted by Gasteiger charge is 2.19. The smallest absolute Gasteiger partial charge is 0.163 e. The van der Waals surface area contributed by atoms with Gasteiger partial charge in [0.05, 0.1) is 25.3 Å². The van der Waals surface area contributed by atoms with E-state index >= 15 is 0 Å². The van der Waals surface area contributed by atoms with E-state index in [-0.39, 0.29) is 0 Å². The summed E-state index contributed by atoms with van der Waals surface area (Å²) in [5.41, 5.74) is 2.14. The maximum absolute atomic E-state index is 5.46. The molecule has 5 heteroatoms. The van der Waals surface area contributed by atoms with Crippen molar-refractivity contribution in [3.8, 4) is 11.5 Å². The van der Waals surface area contributed by atoms with Gasteiger partial charge in [-0.2, -0.15) is 0 Å². The second-order valence-electron chi connectivity index (χ2n) is 5.88. The Morgan fingerprint density at radius 3 is 2.50 bits per heavy atom. The summed E-state index contributed by atoms with van der Waals surface area (Å²) in [5.74, 6) is 3.37. The molecule has 1 aliphatic heterocycles. The van der Waals surface area contributed by atoms with Crippen LogP contribution in [0.4, 0.5) is 0 Å². The Kier molecular flexibility index (Phi) is 4.52. The van der Waals surface area contributed by atoms with Gasteiger partial charge in [-0.15, -0.1) is 0 Å². The number of fused-ring (bicyclic) bond motifs is 1. The monoisotopic (exact) mass is 303 g/mol. The average molecular weight is 303 g/mol. The Morgan fingerprint density at radius 2 is 1.86 bits per heavy atom. The lowest BCUT2D eigenvalue weighted by Crippen LogP contribution is -2.30. The van der Waals surface area contributed by atoms with Crippen molar-refractivity contribution in [3.05, 3.63) is 18.0 Å². The van der Waals surface area contributed by atoms with Crippen LogP contribution in [0.1, 0.15) is 25.6 Å². The molecule has 1 aromatic heterocycles. The van der Waals surface area contributed by atoms with Crippen LogP contribution >= 0.6 is 0 Å². The van der Waals surface area contributed by atoms with Crippen LogP contribution in [0.25, 0.3) is 11.0 Å². The van der Waals surface area contributed by atoms with Crippen molar-refractivity contribution in [1.82, 2.24) is 14.9 Å². The normalized spacial score (nSPS) is 16.1. The third kappa shape index (κ3) is 2.77. The van der Waals surface area contributed by atoms with Gasteiger partial charge in [0.25, 0.3) is 0 Å². The number of methoxy groups -OCH3 is 2. The van der Waals surface area contributed by atoms with E-state index in [4.69, 9.17) is 14.5 Å². The van der Waals surface area contributed by atoms with Gasteiger partial charge >= 0.3 is 0 Å². The predicted molar refractivity (Wildman–Crippen MR) is 87.8 cm³/mol. The van der Waals surface area contributed by atoms with Gasteiger partial charge in [0.2, 0.25) is 0 Å². The van der Waals surface area contributed by atoms with Gasteiger partial charge in [0, 0.05) is 25.1 Å². The lowest BCUT2D eigenvalue weighted by molar-refractivity contribution is 0.332. The van der Waals surface area contributed by atoms with E-state index < -0.39 is 0 Å². The zero-order valence-corrected chi connectivity index (χ0v) is 13.7. The molecule has 1 fully saturated rings. The van der Waals surface area contributed by atoms with E-state index in [1.165, 1.54) is 12.8 Å². The highest BCUT2D eigenvalue weighted by atomic mass is 16.5. The molecule has 1 aromatic carbocycles. The number of imidazole rings is 1. The van der Waals surface area contributed by atoms with Gasteiger partial charge in [-0.3, -0.25) is 0 Å². The summed E-state index contributed by atoms with van der Waals surface area (Å²) >= 11 is 0. The predicted octanol–water partition coefficient (Wildman–Crippen LogP) is 2.62. The number of aromatic nitrogens is 2. The maximum atomic E-state index is 5.46. The number of aryl methyl sites for hydroxylation is 1. The van der Waals surface area contributed by atoms with Crippen molar-refractivity contribution < 1.29 is 9.47 Å². The number of piperidine rings is 1. The van der Waals surface area contributed by atoms with Gasteiger partial charge in [-0.25, -0.2) is 4.98 Å². The molecule has 1 aliphatic rings. The summed E-state index contributed by atoms with van der Waals surface area (Å²) < 4.78 is 13.2. The molecule has 0 amide bonds. The molecule has 1 N–H and O–H groups in total. The number of rotatable bonds is 5. The van der Waals surface area contributed by atoms with Crippen LogP contribution in [0.2, 0.25) is 0 Å². The third-order valence-electron chi connectivity index (χ3n) is 4.55. The van der Waals surface area contributed by atoms with E-state index in [9.17, 15) is 0 Å². The minimum atomic E-state index is 0.719. The molecule has 3 rings (SSSR count). The lowest BCUT2D eigenvalue weighted by Gasteiger charge is -2.24. The van der Waals surface area contributed by atoms with Gasteiger partial charge in [-0.05, 0) is 31.8 Å². The third-order valence-corrected chi connectivity index (χ3v) is 4.55. The van der Waals surface area contributed by atoms with Gasteiger partial charge in [-0.1, -0.05) is 6.92 Å². The molecule has 0 bridgehead atoms. The van der Waals surface area contributed by atoms with E-state index in [1.807, 2.05) is 6.07 Å². The highest BCUT2D eigenvalue weighted by molar-refractivity contribution is 5.80. The first kappa shape index (κ1) is 15.2. The maximum Gasteiger partial charge on any atom is 0.163 e. The first-order chi connectivity index (χ1) is 10.8. The number of ether oxygens (including phenoxy) is 2. The summed E-state index contributed by atoms with van der Waals surface area (Å²) in [6, 6.07) is 4.04. The molecule has 0 atom stereocenters. The zero-order chi connectivity index (χ0) is 15.5. The van der Waals surface area contributed by atoms with Crippen molar-refractivity contribution in [2.45, 2.75) is 32.7 Å². The standard InChI is InChI=1S/C17H25N3O2/c1-4-17-19-13-9-15(21-2)16(22-3)10-14(13)20(17)11-12-5-7-18-8-6-12/h9-10,12,18H,4-8,11H2,1-3H3. The second kappa shape index (κ2) is 6.57. The molecule has 5 nitrogen and oxygen atoms in total. The Morgan fingerprint density at radius 1 is 1.18 bits per heavy atom. The van der Waals surface area contributed by atoms with Gasteiger partial charge in [0.15, 0.2) is 11.5 Å². The fourth-order valence-electron chi connectivity index (χ4n) is 3.30. The van der Waals surface area contributed by atoms with Crippen LogP contribution in [-0.4, -0.2) is 36.9 Å². The fraction of sp³-hybridized carbons (Fsp3) is 0.588. The average Bonchev–Trinajstić information content (AvgIpc) is 2.91. The van der Waals surface area contributed by atoms with Crippen molar-refractivity contribution in [1.29, 1.82) is 0 Å². The van der Waals surface area contributed by atoms with E-state index in [0.717, 1.165) is 60.3 Å². The van der Waals surface area contributed by atoms with Crippen LogP contribution < -0.4 is 14.8 Å². The Labute approximate surface area is 131 Å². The summed E-state index contributed by atoms with van der Waals surface area (Å²) in [6.07, 6.45) is 3.40. The Bertz CT molecular complexity index is 645.